The molecular weight excluding hydrogens is 446 g/mol. The minimum absolute atomic E-state index is 0.309. The number of nitrogens with zero attached hydrogens (tertiary/aromatic N) is 2. The van der Waals surface area contributed by atoms with Crippen molar-refractivity contribution >= 4 is 5.84 Å². The third-order valence-electron chi connectivity index (χ3n) is 5.71. The summed E-state index contributed by atoms with van der Waals surface area (Å²) in [4.78, 5) is 8.75. The second-order valence-corrected chi connectivity index (χ2v) is 7.80. The van der Waals surface area contributed by atoms with Gasteiger partial charge >= 0.3 is 6.36 Å². The number of hydrogen-bond donors (Lipinski definition) is 1. The van der Waals surface area contributed by atoms with Gasteiger partial charge in [0.2, 0.25) is 0 Å². The zero-order valence-electron chi connectivity index (χ0n) is 17.6. The van der Waals surface area contributed by atoms with Gasteiger partial charge in [-0.1, -0.05) is 54.6 Å². The van der Waals surface area contributed by atoms with Gasteiger partial charge < -0.3 is 10.5 Å². The van der Waals surface area contributed by atoms with Crippen molar-refractivity contribution in [3.05, 3.63) is 119 Å². The standard InChI is InChI=1S/C26H17F4N3O/c27-20-13-17(14-32-15-20)16-4-3-5-19(12-16)25(23-7-2-1-6-22(23)24(31)33-25)18-8-10-21(11-9-18)34-26(28,29)30/h1-15H,(H2,31,33). The van der Waals surface area contributed by atoms with Gasteiger partial charge in [-0.2, -0.15) is 0 Å². The van der Waals surface area contributed by atoms with Crippen molar-refractivity contribution in [2.45, 2.75) is 11.9 Å². The average Bonchev–Trinajstić information content (AvgIpc) is 3.12. The van der Waals surface area contributed by atoms with E-state index in [1.165, 1.54) is 30.3 Å². The number of pyridine rings is 1. The predicted molar refractivity (Wildman–Crippen MR) is 120 cm³/mol. The van der Waals surface area contributed by atoms with Crippen LogP contribution in [0.3, 0.4) is 0 Å². The highest BCUT2D eigenvalue weighted by Gasteiger charge is 2.43. The van der Waals surface area contributed by atoms with E-state index in [1.54, 1.807) is 6.20 Å². The van der Waals surface area contributed by atoms with E-state index in [-0.39, 0.29) is 5.75 Å². The van der Waals surface area contributed by atoms with Gasteiger partial charge in [-0.25, -0.2) is 9.38 Å². The highest BCUT2D eigenvalue weighted by Crippen LogP contribution is 2.47. The second-order valence-electron chi connectivity index (χ2n) is 7.80. The molecule has 3 aromatic carbocycles. The van der Waals surface area contributed by atoms with E-state index in [1.807, 2.05) is 48.5 Å². The molecule has 34 heavy (non-hydrogen) atoms. The minimum Gasteiger partial charge on any atom is -0.406 e. The van der Waals surface area contributed by atoms with Gasteiger partial charge in [0, 0.05) is 17.3 Å². The quantitative estimate of drug-likeness (QED) is 0.390. The fourth-order valence-electron chi connectivity index (χ4n) is 4.32. The van der Waals surface area contributed by atoms with Crippen LogP contribution in [0.25, 0.3) is 11.1 Å². The lowest BCUT2D eigenvalue weighted by Crippen LogP contribution is -2.25. The Balaban J connectivity index is 1.70. The maximum Gasteiger partial charge on any atom is 0.573 e. The number of fused-ring (bicyclic) bond motifs is 1. The summed E-state index contributed by atoms with van der Waals surface area (Å²) in [5.41, 5.74) is 9.30. The van der Waals surface area contributed by atoms with Gasteiger partial charge in [0.05, 0.1) is 6.20 Å². The molecule has 1 unspecified atom stereocenters. The largest absolute Gasteiger partial charge is 0.573 e. The van der Waals surface area contributed by atoms with Gasteiger partial charge in [-0.3, -0.25) is 4.98 Å². The zero-order valence-corrected chi connectivity index (χ0v) is 17.6. The van der Waals surface area contributed by atoms with Gasteiger partial charge in [0.1, 0.15) is 22.9 Å². The molecule has 1 aliphatic heterocycles. The Kier molecular flexibility index (Phi) is 5.08. The Hall–Kier alpha value is -4.20. The summed E-state index contributed by atoms with van der Waals surface area (Å²) in [7, 11) is 0. The maximum atomic E-state index is 13.8. The molecule has 1 atom stereocenters. The Bertz CT molecular complexity index is 1400. The first-order valence-electron chi connectivity index (χ1n) is 10.3. The van der Waals surface area contributed by atoms with E-state index in [0.717, 1.165) is 17.3 Å². The lowest BCUT2D eigenvalue weighted by molar-refractivity contribution is -0.274. The maximum absolute atomic E-state index is 13.8. The summed E-state index contributed by atoms with van der Waals surface area (Å²) in [5, 5.41) is 0. The van der Waals surface area contributed by atoms with Crippen LogP contribution in [0, 0.1) is 5.82 Å². The number of benzene rings is 3. The second kappa shape index (κ2) is 7.98. The van der Waals surface area contributed by atoms with Crippen LogP contribution < -0.4 is 10.5 Å². The van der Waals surface area contributed by atoms with Crippen LogP contribution in [0.5, 0.6) is 5.75 Å². The van der Waals surface area contributed by atoms with Crippen LogP contribution in [-0.4, -0.2) is 17.2 Å². The number of amidine groups is 1. The Morgan fingerprint density at radius 2 is 1.56 bits per heavy atom. The molecule has 0 fully saturated rings. The normalized spacial score (nSPS) is 17.2. The van der Waals surface area contributed by atoms with Crippen molar-refractivity contribution in [2.24, 2.45) is 10.7 Å². The number of nitrogens with two attached hydrogens (primary N) is 1. The van der Waals surface area contributed by atoms with Crippen LogP contribution in [0.15, 0.2) is 96.2 Å². The molecule has 2 heterocycles. The Labute approximate surface area is 192 Å². The minimum atomic E-state index is -4.80. The van der Waals surface area contributed by atoms with Crippen molar-refractivity contribution in [1.29, 1.82) is 0 Å². The van der Waals surface area contributed by atoms with Gasteiger partial charge in [0.15, 0.2) is 0 Å². The van der Waals surface area contributed by atoms with E-state index >= 15 is 0 Å². The third kappa shape index (κ3) is 3.77. The van der Waals surface area contributed by atoms with Gasteiger partial charge in [-0.15, -0.1) is 13.2 Å². The van der Waals surface area contributed by atoms with Crippen molar-refractivity contribution < 1.29 is 22.3 Å². The van der Waals surface area contributed by atoms with Crippen molar-refractivity contribution in [3.8, 4) is 16.9 Å². The van der Waals surface area contributed by atoms with Crippen LogP contribution >= 0.6 is 0 Å². The third-order valence-corrected chi connectivity index (χ3v) is 5.71. The molecule has 170 valence electrons. The molecule has 1 aromatic heterocycles. The number of aliphatic imine (C=N–C) groups is 1. The zero-order chi connectivity index (χ0) is 23.9. The predicted octanol–water partition coefficient (Wildman–Crippen LogP) is 5.80. The van der Waals surface area contributed by atoms with E-state index in [0.29, 0.717) is 28.1 Å². The molecule has 0 saturated heterocycles. The number of aromatic nitrogens is 1. The monoisotopic (exact) mass is 463 g/mol. The molecule has 5 rings (SSSR count). The summed E-state index contributed by atoms with van der Waals surface area (Å²) in [6.45, 7) is 0. The molecule has 2 N–H and O–H groups in total. The topological polar surface area (TPSA) is 60.5 Å². The Morgan fingerprint density at radius 3 is 2.29 bits per heavy atom. The van der Waals surface area contributed by atoms with Crippen LogP contribution in [0.4, 0.5) is 17.6 Å². The highest BCUT2D eigenvalue weighted by molar-refractivity contribution is 6.03. The van der Waals surface area contributed by atoms with Crippen LogP contribution in [-0.2, 0) is 5.54 Å². The molecule has 0 spiro atoms. The van der Waals surface area contributed by atoms with Crippen LogP contribution in [0.2, 0.25) is 0 Å². The molecule has 0 amide bonds. The first-order valence-corrected chi connectivity index (χ1v) is 10.3. The summed E-state index contributed by atoms with van der Waals surface area (Å²) < 4.78 is 55.9. The molecule has 4 aromatic rings. The number of ether oxygens (including phenoxy) is 1. The van der Waals surface area contributed by atoms with Crippen molar-refractivity contribution in [1.82, 2.24) is 4.98 Å². The molecule has 8 heteroatoms. The molecule has 0 bridgehead atoms. The fourth-order valence-corrected chi connectivity index (χ4v) is 4.32. The average molecular weight is 463 g/mol. The molecule has 0 saturated carbocycles. The Morgan fingerprint density at radius 1 is 0.794 bits per heavy atom. The molecule has 4 nitrogen and oxygen atoms in total. The SMILES string of the molecule is NC1=NC(c2ccc(OC(F)(F)F)cc2)(c2cccc(-c3cncc(F)c3)c2)c2ccccc21. The highest BCUT2D eigenvalue weighted by atomic mass is 19.4. The van der Waals surface area contributed by atoms with Crippen molar-refractivity contribution in [3.63, 3.8) is 0 Å². The fraction of sp³-hybridized carbons (Fsp3) is 0.0769. The van der Waals surface area contributed by atoms with Gasteiger partial charge in [0.25, 0.3) is 0 Å². The first kappa shape index (κ1) is 21.6. The summed E-state index contributed by atoms with van der Waals surface area (Å²) >= 11 is 0. The number of hydrogen-bond acceptors (Lipinski definition) is 4. The van der Waals surface area contributed by atoms with Crippen LogP contribution in [0.1, 0.15) is 22.3 Å². The van der Waals surface area contributed by atoms with E-state index in [9.17, 15) is 17.6 Å². The lowest BCUT2D eigenvalue weighted by atomic mass is 9.77. The number of halogens is 4. The summed E-state index contributed by atoms with van der Waals surface area (Å²) in [6, 6.07) is 21.7. The van der Waals surface area contributed by atoms with Gasteiger partial charge in [-0.05, 0) is 46.5 Å². The first-order chi connectivity index (χ1) is 16.3. The smallest absolute Gasteiger partial charge is 0.406 e. The summed E-state index contributed by atoms with van der Waals surface area (Å²) in [5.74, 6) is -0.496. The number of rotatable bonds is 4. The molecule has 0 radical (unpaired) electrons. The van der Waals surface area contributed by atoms with E-state index < -0.39 is 17.7 Å². The molecule has 0 aliphatic carbocycles. The summed E-state index contributed by atoms with van der Waals surface area (Å²) in [6.07, 6.45) is -2.12. The van der Waals surface area contributed by atoms with E-state index in [4.69, 9.17) is 10.7 Å². The van der Waals surface area contributed by atoms with E-state index in [2.05, 4.69) is 9.72 Å². The molecular formula is C26H17F4N3O. The molecule has 1 aliphatic rings. The number of alkyl halides is 3. The lowest BCUT2D eigenvalue weighted by Gasteiger charge is -2.29. The van der Waals surface area contributed by atoms with Crippen molar-refractivity contribution in [2.75, 3.05) is 0 Å².